The second-order valence-corrected chi connectivity index (χ2v) is 9.47. The van der Waals surface area contributed by atoms with Crippen molar-refractivity contribution in [2.75, 3.05) is 0 Å². The van der Waals surface area contributed by atoms with Crippen LogP contribution in [-0.4, -0.2) is 0 Å². The minimum Gasteiger partial charge on any atom is -0.144 e. The minimum absolute atomic E-state index is 1.06. The Morgan fingerprint density at radius 2 is 1.34 bits per heavy atom. The molecule has 0 aliphatic carbocycles. The highest BCUT2D eigenvalue weighted by Gasteiger charge is 2.07. The average molecular weight is 405 g/mol. The van der Waals surface area contributed by atoms with Crippen LogP contribution in [0, 0.1) is 18.8 Å². The van der Waals surface area contributed by atoms with E-state index < -0.39 is 0 Å². The van der Waals surface area contributed by atoms with Gasteiger partial charge in [0.05, 0.1) is 4.88 Å². The van der Waals surface area contributed by atoms with Gasteiger partial charge in [-0.1, -0.05) is 41.7 Å². The molecule has 0 bridgehead atoms. The molecular formula is C27H16S2. The summed E-state index contributed by atoms with van der Waals surface area (Å²) in [6, 6.07) is 26.6. The third-order valence-electron chi connectivity index (χ3n) is 5.43. The van der Waals surface area contributed by atoms with E-state index in [0.29, 0.717) is 0 Å². The topological polar surface area (TPSA) is 0 Å². The van der Waals surface area contributed by atoms with Gasteiger partial charge >= 0.3 is 0 Å². The van der Waals surface area contributed by atoms with Crippen molar-refractivity contribution in [3.05, 3.63) is 94.2 Å². The largest absolute Gasteiger partial charge is 0.144 e. The first kappa shape index (κ1) is 16.8. The predicted octanol–water partition coefficient (Wildman–Crippen LogP) is 8.13. The molecule has 0 atom stereocenters. The maximum atomic E-state index is 3.35. The molecule has 2 aromatic heterocycles. The van der Waals surface area contributed by atoms with Gasteiger partial charge in [0.2, 0.25) is 0 Å². The van der Waals surface area contributed by atoms with Gasteiger partial charge in [-0.15, -0.1) is 22.7 Å². The predicted molar refractivity (Wildman–Crippen MR) is 129 cm³/mol. The first-order valence-electron chi connectivity index (χ1n) is 9.59. The molecule has 0 aliphatic heterocycles. The standard InChI is InChI=1S/C27H16S2/c1-17-2-4-18(5-3-17)6-9-23-14-22-13-20-8-7-19-12-21-10-11-28-26(21)15-24(19)25(20)16-27(22)29-23/h2-5,7-8,10-16H,1H3. The fourth-order valence-electron chi connectivity index (χ4n) is 3.89. The molecule has 29 heavy (non-hydrogen) atoms. The minimum atomic E-state index is 1.06. The van der Waals surface area contributed by atoms with Crippen molar-refractivity contribution in [2.45, 2.75) is 6.92 Å². The van der Waals surface area contributed by atoms with Crippen LogP contribution in [0.4, 0.5) is 0 Å². The molecule has 0 aliphatic rings. The molecule has 0 fully saturated rings. The summed E-state index contributed by atoms with van der Waals surface area (Å²) in [4.78, 5) is 1.11. The van der Waals surface area contributed by atoms with E-state index in [0.717, 1.165) is 10.4 Å². The molecule has 6 aromatic rings. The smallest absolute Gasteiger partial charge is 0.0784 e. The molecule has 6 rings (SSSR count). The molecule has 136 valence electrons. The molecule has 4 aromatic carbocycles. The van der Waals surface area contributed by atoms with Crippen LogP contribution in [0.2, 0.25) is 0 Å². The van der Waals surface area contributed by atoms with Gasteiger partial charge in [-0.05, 0) is 93.2 Å². The molecular weight excluding hydrogens is 388 g/mol. The van der Waals surface area contributed by atoms with E-state index in [4.69, 9.17) is 0 Å². The third-order valence-corrected chi connectivity index (χ3v) is 7.32. The molecule has 0 unspecified atom stereocenters. The van der Waals surface area contributed by atoms with Crippen molar-refractivity contribution in [3.8, 4) is 11.8 Å². The van der Waals surface area contributed by atoms with Crippen LogP contribution in [0.15, 0.2) is 78.2 Å². The summed E-state index contributed by atoms with van der Waals surface area (Å²) in [5.74, 6) is 6.65. The molecule has 0 radical (unpaired) electrons. The fraction of sp³-hybridized carbons (Fsp3) is 0.0370. The van der Waals surface area contributed by atoms with Gasteiger partial charge in [0.15, 0.2) is 0 Å². The quantitative estimate of drug-likeness (QED) is 0.177. The van der Waals surface area contributed by atoms with Gasteiger partial charge in [0.25, 0.3) is 0 Å². The van der Waals surface area contributed by atoms with Crippen molar-refractivity contribution in [3.63, 3.8) is 0 Å². The molecule has 0 amide bonds. The molecule has 2 heteroatoms. The summed E-state index contributed by atoms with van der Waals surface area (Å²) >= 11 is 3.59. The maximum absolute atomic E-state index is 3.35. The number of benzene rings is 4. The van der Waals surface area contributed by atoms with Crippen LogP contribution in [0.3, 0.4) is 0 Å². The van der Waals surface area contributed by atoms with Crippen LogP contribution in [0.5, 0.6) is 0 Å². The molecule has 0 spiro atoms. The van der Waals surface area contributed by atoms with E-state index in [2.05, 4.69) is 96.9 Å². The van der Waals surface area contributed by atoms with Crippen molar-refractivity contribution >= 4 is 64.4 Å². The van der Waals surface area contributed by atoms with Crippen LogP contribution in [0.1, 0.15) is 16.0 Å². The zero-order chi connectivity index (χ0) is 19.4. The van der Waals surface area contributed by atoms with Gasteiger partial charge < -0.3 is 0 Å². The summed E-state index contributed by atoms with van der Waals surface area (Å²) < 4.78 is 2.64. The molecule has 0 N–H and O–H groups in total. The lowest BCUT2D eigenvalue weighted by Gasteiger charge is -2.05. The first-order chi connectivity index (χ1) is 14.2. The van der Waals surface area contributed by atoms with Crippen LogP contribution in [0.25, 0.3) is 41.7 Å². The van der Waals surface area contributed by atoms with Crippen LogP contribution >= 0.6 is 22.7 Å². The zero-order valence-electron chi connectivity index (χ0n) is 15.8. The van der Waals surface area contributed by atoms with Gasteiger partial charge in [0.1, 0.15) is 0 Å². The van der Waals surface area contributed by atoms with E-state index in [1.165, 1.54) is 47.3 Å². The highest BCUT2D eigenvalue weighted by atomic mass is 32.1. The molecule has 0 nitrogen and oxygen atoms in total. The Hall–Kier alpha value is -3.12. The highest BCUT2D eigenvalue weighted by Crippen LogP contribution is 2.36. The SMILES string of the molecule is Cc1ccc(C#Cc2cc3cc4ccc5cc6ccsc6cc5c4cc3s2)cc1. The van der Waals surface area contributed by atoms with Crippen molar-refractivity contribution in [1.29, 1.82) is 0 Å². The van der Waals surface area contributed by atoms with Gasteiger partial charge in [-0.3, -0.25) is 0 Å². The highest BCUT2D eigenvalue weighted by molar-refractivity contribution is 7.19. The maximum Gasteiger partial charge on any atom is 0.0784 e. The third kappa shape index (κ3) is 2.91. The van der Waals surface area contributed by atoms with E-state index in [9.17, 15) is 0 Å². The summed E-state index contributed by atoms with van der Waals surface area (Å²) in [5.41, 5.74) is 2.32. The second kappa shape index (κ2) is 6.46. The second-order valence-electron chi connectivity index (χ2n) is 7.44. The zero-order valence-corrected chi connectivity index (χ0v) is 17.5. The van der Waals surface area contributed by atoms with E-state index in [1.54, 1.807) is 11.3 Å². The Kier molecular flexibility index (Phi) is 3.74. The van der Waals surface area contributed by atoms with Gasteiger partial charge in [-0.2, -0.15) is 0 Å². The summed E-state index contributed by atoms with van der Waals surface area (Å²) in [6.07, 6.45) is 0. The summed E-state index contributed by atoms with van der Waals surface area (Å²) in [7, 11) is 0. The fourth-order valence-corrected chi connectivity index (χ4v) is 5.63. The lowest BCUT2D eigenvalue weighted by Crippen LogP contribution is -1.78. The monoisotopic (exact) mass is 404 g/mol. The van der Waals surface area contributed by atoms with Crippen LogP contribution in [-0.2, 0) is 0 Å². The van der Waals surface area contributed by atoms with E-state index >= 15 is 0 Å². The Bertz CT molecular complexity index is 1600. The number of hydrogen-bond acceptors (Lipinski definition) is 2. The van der Waals surface area contributed by atoms with Crippen molar-refractivity contribution in [2.24, 2.45) is 0 Å². The number of thiophene rings is 2. The number of fused-ring (bicyclic) bond motifs is 5. The number of hydrogen-bond donors (Lipinski definition) is 0. The van der Waals surface area contributed by atoms with Crippen molar-refractivity contribution in [1.82, 2.24) is 0 Å². The Morgan fingerprint density at radius 1 is 0.621 bits per heavy atom. The van der Waals surface area contributed by atoms with E-state index in [1.807, 2.05) is 11.3 Å². The summed E-state index contributed by atoms with van der Waals surface area (Å²) in [6.45, 7) is 2.10. The summed E-state index contributed by atoms with van der Waals surface area (Å²) in [5, 5.41) is 10.0. The van der Waals surface area contributed by atoms with Gasteiger partial charge in [-0.25, -0.2) is 0 Å². The Labute approximate surface area is 177 Å². The number of rotatable bonds is 0. The van der Waals surface area contributed by atoms with Crippen molar-refractivity contribution < 1.29 is 0 Å². The molecule has 0 saturated heterocycles. The Morgan fingerprint density at radius 3 is 2.14 bits per heavy atom. The van der Waals surface area contributed by atoms with E-state index in [-0.39, 0.29) is 0 Å². The Balaban J connectivity index is 1.52. The molecule has 0 saturated carbocycles. The first-order valence-corrected chi connectivity index (χ1v) is 11.3. The molecule has 2 heterocycles. The number of aryl methyl sites for hydroxylation is 1. The normalized spacial score (nSPS) is 11.3. The van der Waals surface area contributed by atoms with Gasteiger partial charge in [0, 0.05) is 15.0 Å². The lowest BCUT2D eigenvalue weighted by molar-refractivity contribution is 1.46. The van der Waals surface area contributed by atoms with Crippen LogP contribution < -0.4 is 0 Å². The lowest BCUT2D eigenvalue weighted by atomic mass is 10.00. The average Bonchev–Trinajstić information content (AvgIpc) is 3.35.